The molecule has 0 aliphatic rings. The lowest BCUT2D eigenvalue weighted by Gasteiger charge is -2.11. The number of anilines is 2. The van der Waals surface area contributed by atoms with Gasteiger partial charge in [0.15, 0.2) is 5.11 Å². The van der Waals surface area contributed by atoms with E-state index in [-0.39, 0.29) is 17.3 Å². The molecule has 0 aliphatic heterocycles. The Hall–Kier alpha value is -3.23. The second-order valence-electron chi connectivity index (χ2n) is 6.30. The van der Waals surface area contributed by atoms with Crippen molar-refractivity contribution in [2.45, 2.75) is 13.3 Å². The van der Waals surface area contributed by atoms with Crippen LogP contribution in [0.1, 0.15) is 38.1 Å². The molecule has 3 rings (SSSR count). The third-order valence-corrected chi connectivity index (χ3v) is 5.35. The molecule has 0 aliphatic carbocycles. The summed E-state index contributed by atoms with van der Waals surface area (Å²) in [7, 11) is 0. The standard InChI is InChI=1S/C22H20N2O4S2/c1-2-28-21(27)18-13-17(11-14-7-4-3-5-8-14)30-19(18)24-22(29)23-16-10-6-9-15(12-16)20(25)26/h3-10,12-13H,2,11H2,1H3,(H,25,26)(H2,23,24,29). The number of esters is 1. The van der Waals surface area contributed by atoms with Gasteiger partial charge in [0.2, 0.25) is 0 Å². The van der Waals surface area contributed by atoms with Gasteiger partial charge in [0.1, 0.15) is 5.00 Å². The van der Waals surface area contributed by atoms with Crippen molar-refractivity contribution in [1.82, 2.24) is 0 Å². The number of rotatable bonds is 7. The van der Waals surface area contributed by atoms with Crippen molar-refractivity contribution >= 4 is 51.3 Å². The highest BCUT2D eigenvalue weighted by Gasteiger charge is 2.18. The first-order valence-corrected chi connectivity index (χ1v) is 10.4. The molecule has 3 N–H and O–H groups in total. The molecule has 30 heavy (non-hydrogen) atoms. The van der Waals surface area contributed by atoms with Crippen LogP contribution in [0.4, 0.5) is 10.7 Å². The maximum Gasteiger partial charge on any atom is 0.341 e. The van der Waals surface area contributed by atoms with E-state index >= 15 is 0 Å². The van der Waals surface area contributed by atoms with Crippen LogP contribution in [0, 0.1) is 0 Å². The zero-order chi connectivity index (χ0) is 21.5. The van der Waals surface area contributed by atoms with Gasteiger partial charge >= 0.3 is 11.9 Å². The summed E-state index contributed by atoms with van der Waals surface area (Å²) in [5.41, 5.74) is 2.23. The molecular weight excluding hydrogens is 420 g/mol. The molecule has 0 amide bonds. The number of aromatic carboxylic acids is 1. The molecule has 8 heteroatoms. The van der Waals surface area contributed by atoms with E-state index in [1.165, 1.54) is 23.5 Å². The predicted molar refractivity (Wildman–Crippen MR) is 123 cm³/mol. The normalized spacial score (nSPS) is 10.3. The summed E-state index contributed by atoms with van der Waals surface area (Å²) in [5, 5.41) is 15.9. The van der Waals surface area contributed by atoms with Gasteiger partial charge in [-0.1, -0.05) is 36.4 Å². The topological polar surface area (TPSA) is 87.7 Å². The second kappa shape index (κ2) is 10.00. The molecule has 0 saturated carbocycles. The van der Waals surface area contributed by atoms with E-state index in [1.54, 1.807) is 19.1 Å². The number of nitrogens with one attached hydrogen (secondary N) is 2. The van der Waals surface area contributed by atoms with Crippen LogP contribution in [-0.2, 0) is 11.2 Å². The van der Waals surface area contributed by atoms with Crippen molar-refractivity contribution in [1.29, 1.82) is 0 Å². The molecule has 1 aromatic heterocycles. The van der Waals surface area contributed by atoms with Crippen molar-refractivity contribution in [3.05, 3.63) is 82.2 Å². The van der Waals surface area contributed by atoms with E-state index < -0.39 is 11.9 Å². The van der Waals surface area contributed by atoms with Crippen molar-refractivity contribution in [2.24, 2.45) is 0 Å². The summed E-state index contributed by atoms with van der Waals surface area (Å²) in [6.07, 6.45) is 0.681. The SMILES string of the molecule is CCOC(=O)c1cc(Cc2ccccc2)sc1NC(=S)Nc1cccc(C(=O)O)c1. The molecule has 0 atom stereocenters. The van der Waals surface area contributed by atoms with E-state index in [9.17, 15) is 9.59 Å². The van der Waals surface area contributed by atoms with Crippen molar-refractivity contribution in [3.63, 3.8) is 0 Å². The van der Waals surface area contributed by atoms with Crippen molar-refractivity contribution < 1.29 is 19.4 Å². The largest absolute Gasteiger partial charge is 0.478 e. The van der Waals surface area contributed by atoms with Gasteiger partial charge in [0.05, 0.1) is 17.7 Å². The summed E-state index contributed by atoms with van der Waals surface area (Å²) in [6.45, 7) is 2.02. The number of thiophene rings is 1. The number of carboxylic acids is 1. The Kier molecular flexibility index (Phi) is 7.16. The number of carbonyl (C=O) groups is 2. The number of benzene rings is 2. The van der Waals surface area contributed by atoms with Crippen LogP contribution in [-0.4, -0.2) is 28.8 Å². The van der Waals surface area contributed by atoms with Crippen LogP contribution < -0.4 is 10.6 Å². The molecule has 0 fully saturated rings. The minimum Gasteiger partial charge on any atom is -0.478 e. The quantitative estimate of drug-likeness (QED) is 0.351. The van der Waals surface area contributed by atoms with Crippen LogP contribution in [0.5, 0.6) is 0 Å². The third-order valence-electron chi connectivity index (χ3n) is 4.09. The molecule has 0 spiro atoms. The fourth-order valence-corrected chi connectivity index (χ4v) is 4.14. The number of thiocarbonyl (C=S) groups is 1. The number of hydrogen-bond acceptors (Lipinski definition) is 5. The fourth-order valence-electron chi connectivity index (χ4n) is 2.77. The maximum absolute atomic E-state index is 12.4. The zero-order valence-electron chi connectivity index (χ0n) is 16.2. The average Bonchev–Trinajstić information content (AvgIpc) is 3.11. The highest BCUT2D eigenvalue weighted by atomic mass is 32.1. The molecule has 0 unspecified atom stereocenters. The lowest BCUT2D eigenvalue weighted by Crippen LogP contribution is -2.20. The number of hydrogen-bond donors (Lipinski definition) is 3. The second-order valence-corrected chi connectivity index (χ2v) is 7.85. The fraction of sp³-hybridized carbons (Fsp3) is 0.136. The minimum absolute atomic E-state index is 0.149. The van der Waals surface area contributed by atoms with Gasteiger partial charge in [0, 0.05) is 17.0 Å². The van der Waals surface area contributed by atoms with Gasteiger partial charge in [-0.25, -0.2) is 9.59 Å². The Morgan fingerprint density at radius 2 is 1.83 bits per heavy atom. The smallest absolute Gasteiger partial charge is 0.341 e. The van der Waals surface area contributed by atoms with Crippen LogP contribution in [0.3, 0.4) is 0 Å². The van der Waals surface area contributed by atoms with Gasteiger partial charge in [-0.2, -0.15) is 0 Å². The van der Waals surface area contributed by atoms with E-state index in [4.69, 9.17) is 22.1 Å². The summed E-state index contributed by atoms with van der Waals surface area (Å²) < 4.78 is 5.17. The molecule has 0 radical (unpaired) electrons. The number of ether oxygens (including phenoxy) is 1. The first-order valence-electron chi connectivity index (χ1n) is 9.21. The zero-order valence-corrected chi connectivity index (χ0v) is 17.8. The highest BCUT2D eigenvalue weighted by Crippen LogP contribution is 2.31. The van der Waals surface area contributed by atoms with Gasteiger partial charge < -0.3 is 20.5 Å². The van der Waals surface area contributed by atoms with Crippen LogP contribution >= 0.6 is 23.6 Å². The Morgan fingerprint density at radius 1 is 1.07 bits per heavy atom. The Balaban J connectivity index is 1.79. The predicted octanol–water partition coefficient (Wildman–Crippen LogP) is 5.02. The Labute approximate surface area is 183 Å². The minimum atomic E-state index is -1.02. The highest BCUT2D eigenvalue weighted by molar-refractivity contribution is 7.80. The molecule has 154 valence electrons. The number of carbonyl (C=O) groups excluding carboxylic acids is 1. The van der Waals surface area contributed by atoms with Gasteiger partial charge in [0.25, 0.3) is 0 Å². The van der Waals surface area contributed by atoms with Crippen molar-refractivity contribution in [2.75, 3.05) is 17.2 Å². The number of carboxylic acid groups (broad SMARTS) is 1. The Bertz CT molecular complexity index is 1060. The molecule has 0 bridgehead atoms. The summed E-state index contributed by atoms with van der Waals surface area (Å²) >= 11 is 6.78. The summed E-state index contributed by atoms with van der Waals surface area (Å²) in [6, 6.07) is 18.1. The van der Waals surface area contributed by atoms with Crippen molar-refractivity contribution in [3.8, 4) is 0 Å². The molecule has 3 aromatic rings. The van der Waals surface area contributed by atoms with E-state index in [0.29, 0.717) is 22.7 Å². The van der Waals surface area contributed by atoms with Gasteiger partial charge in [-0.15, -0.1) is 11.3 Å². The maximum atomic E-state index is 12.4. The van der Waals surface area contributed by atoms with Gasteiger partial charge in [-0.05, 0) is 49.0 Å². The molecule has 2 aromatic carbocycles. The monoisotopic (exact) mass is 440 g/mol. The molecule has 0 saturated heterocycles. The van der Waals surface area contributed by atoms with Crippen LogP contribution in [0.2, 0.25) is 0 Å². The van der Waals surface area contributed by atoms with Crippen LogP contribution in [0.15, 0.2) is 60.7 Å². The first-order chi connectivity index (χ1) is 14.5. The molecule has 1 heterocycles. The van der Waals surface area contributed by atoms with Crippen LogP contribution in [0.25, 0.3) is 0 Å². The van der Waals surface area contributed by atoms with E-state index in [1.807, 2.05) is 36.4 Å². The summed E-state index contributed by atoms with van der Waals surface area (Å²) in [5.74, 6) is -1.45. The average molecular weight is 441 g/mol. The molecular formula is C22H20N2O4S2. The lowest BCUT2D eigenvalue weighted by molar-refractivity contribution is 0.0527. The molecule has 6 nitrogen and oxygen atoms in total. The van der Waals surface area contributed by atoms with Gasteiger partial charge in [-0.3, -0.25) is 0 Å². The van der Waals surface area contributed by atoms with E-state index in [2.05, 4.69) is 10.6 Å². The Morgan fingerprint density at radius 3 is 2.53 bits per heavy atom. The first kappa shape index (κ1) is 21.5. The lowest BCUT2D eigenvalue weighted by atomic mass is 10.1. The van der Waals surface area contributed by atoms with E-state index in [0.717, 1.165) is 10.4 Å². The summed E-state index contributed by atoms with van der Waals surface area (Å²) in [4.78, 5) is 24.5. The third kappa shape index (κ3) is 5.65.